The van der Waals surface area contributed by atoms with Crippen LogP contribution in [0.15, 0.2) is 0 Å². The second-order valence-electron chi connectivity index (χ2n) is 5.04. The van der Waals surface area contributed by atoms with E-state index in [0.29, 0.717) is 12.4 Å². The number of rotatable bonds is 7. The first-order valence-electron chi connectivity index (χ1n) is 7.08. The van der Waals surface area contributed by atoms with E-state index in [0.717, 1.165) is 24.1 Å². The van der Waals surface area contributed by atoms with Crippen molar-refractivity contribution in [3.8, 4) is 5.88 Å². The predicted octanol–water partition coefficient (Wildman–Crippen LogP) is 0.981. The summed E-state index contributed by atoms with van der Waals surface area (Å²) in [6.45, 7) is 6.42. The van der Waals surface area contributed by atoms with E-state index in [1.165, 1.54) is 0 Å². The maximum Gasteiger partial charge on any atom is 0.237 e. The molecule has 0 aliphatic rings. The molecular formula is C14H26N4O2. The number of amides is 1. The number of hydrogen-bond acceptors (Lipinski definition) is 4. The van der Waals surface area contributed by atoms with Crippen LogP contribution >= 0.6 is 0 Å². The molecule has 0 aliphatic carbocycles. The molecule has 3 N–H and O–H groups in total. The third kappa shape index (κ3) is 3.50. The Kier molecular flexibility index (Phi) is 6.01. The van der Waals surface area contributed by atoms with Crippen molar-refractivity contribution in [1.82, 2.24) is 15.1 Å². The normalized spacial score (nSPS) is 13.9. The summed E-state index contributed by atoms with van der Waals surface area (Å²) >= 11 is 0. The van der Waals surface area contributed by atoms with Gasteiger partial charge in [0, 0.05) is 7.05 Å². The summed E-state index contributed by atoms with van der Waals surface area (Å²) in [5, 5.41) is 7.26. The number of carbonyl (C=O) groups is 1. The molecule has 0 aliphatic heterocycles. The van der Waals surface area contributed by atoms with Gasteiger partial charge in [-0.05, 0) is 12.3 Å². The molecule has 0 spiro atoms. The van der Waals surface area contributed by atoms with Gasteiger partial charge >= 0.3 is 0 Å². The van der Waals surface area contributed by atoms with Crippen LogP contribution in [0, 0.1) is 5.92 Å². The first-order chi connectivity index (χ1) is 9.46. The highest BCUT2D eigenvalue weighted by Crippen LogP contribution is 2.21. The van der Waals surface area contributed by atoms with Gasteiger partial charge < -0.3 is 15.8 Å². The summed E-state index contributed by atoms with van der Waals surface area (Å²) in [4.78, 5) is 12.0. The Bertz CT molecular complexity index is 456. The summed E-state index contributed by atoms with van der Waals surface area (Å²) in [6, 6.07) is -0.479. The summed E-state index contributed by atoms with van der Waals surface area (Å²) in [7, 11) is 3.43. The maximum absolute atomic E-state index is 12.0. The number of aryl methyl sites for hydroxylation is 2. The molecule has 2 atom stereocenters. The number of aromatic nitrogens is 2. The van der Waals surface area contributed by atoms with Crippen molar-refractivity contribution >= 4 is 5.91 Å². The lowest BCUT2D eigenvalue weighted by Crippen LogP contribution is -2.44. The Hall–Kier alpha value is -1.56. The molecule has 0 bridgehead atoms. The van der Waals surface area contributed by atoms with Crippen LogP contribution in [0.2, 0.25) is 0 Å². The zero-order chi connectivity index (χ0) is 15.3. The Morgan fingerprint density at radius 2 is 2.15 bits per heavy atom. The Morgan fingerprint density at radius 1 is 1.50 bits per heavy atom. The molecule has 20 heavy (non-hydrogen) atoms. The molecule has 1 heterocycles. The first-order valence-corrected chi connectivity index (χ1v) is 7.08. The highest BCUT2D eigenvalue weighted by atomic mass is 16.5. The lowest BCUT2D eigenvalue weighted by atomic mass is 9.99. The first kappa shape index (κ1) is 16.5. The number of carbonyl (C=O) groups excluding carboxylic acids is 1. The molecule has 0 saturated heterocycles. The minimum absolute atomic E-state index is 0.132. The summed E-state index contributed by atoms with van der Waals surface area (Å²) < 4.78 is 7.03. The number of hydrogen-bond donors (Lipinski definition) is 2. The molecule has 0 aromatic carbocycles. The standard InChI is InChI=1S/C14H26N4O2/c1-6-9(3)12(15)13(19)16-8-10-11(7-2)17-18(4)14(10)20-5/h9,12H,6-8,15H2,1-5H3,(H,16,19). The van der Waals surface area contributed by atoms with Crippen LogP contribution in [-0.4, -0.2) is 28.8 Å². The van der Waals surface area contributed by atoms with Gasteiger partial charge in [-0.2, -0.15) is 5.10 Å². The molecule has 114 valence electrons. The third-order valence-corrected chi connectivity index (χ3v) is 3.70. The fourth-order valence-corrected chi connectivity index (χ4v) is 2.13. The van der Waals surface area contributed by atoms with E-state index in [2.05, 4.69) is 10.4 Å². The lowest BCUT2D eigenvalue weighted by Gasteiger charge is -2.17. The van der Waals surface area contributed by atoms with E-state index in [1.807, 2.05) is 27.8 Å². The molecular weight excluding hydrogens is 256 g/mol. The van der Waals surface area contributed by atoms with Crippen LogP contribution in [0.5, 0.6) is 5.88 Å². The van der Waals surface area contributed by atoms with Crippen molar-refractivity contribution in [3.63, 3.8) is 0 Å². The number of methoxy groups -OCH3 is 1. The van der Waals surface area contributed by atoms with Crippen molar-refractivity contribution in [3.05, 3.63) is 11.3 Å². The van der Waals surface area contributed by atoms with Crippen LogP contribution in [0.25, 0.3) is 0 Å². The molecule has 0 radical (unpaired) electrons. The second kappa shape index (κ2) is 7.28. The fourth-order valence-electron chi connectivity index (χ4n) is 2.13. The topological polar surface area (TPSA) is 82.2 Å². The SMILES string of the molecule is CCc1nn(C)c(OC)c1CNC(=O)C(N)C(C)CC. The summed E-state index contributed by atoms with van der Waals surface area (Å²) in [5.41, 5.74) is 7.77. The van der Waals surface area contributed by atoms with Gasteiger partial charge in [-0.3, -0.25) is 4.79 Å². The van der Waals surface area contributed by atoms with Gasteiger partial charge in [-0.25, -0.2) is 4.68 Å². The van der Waals surface area contributed by atoms with Gasteiger partial charge in [0.25, 0.3) is 0 Å². The number of ether oxygens (including phenoxy) is 1. The minimum Gasteiger partial charge on any atom is -0.481 e. The van der Waals surface area contributed by atoms with Crippen molar-refractivity contribution in [2.45, 2.75) is 46.2 Å². The summed E-state index contributed by atoms with van der Waals surface area (Å²) in [6.07, 6.45) is 1.67. The van der Waals surface area contributed by atoms with Gasteiger partial charge in [-0.15, -0.1) is 0 Å². The molecule has 6 heteroatoms. The van der Waals surface area contributed by atoms with Crippen molar-refractivity contribution in [2.24, 2.45) is 18.7 Å². The van der Waals surface area contributed by atoms with Crippen LogP contribution < -0.4 is 15.8 Å². The van der Waals surface area contributed by atoms with Gasteiger partial charge in [0.2, 0.25) is 11.8 Å². The Morgan fingerprint density at radius 3 is 2.65 bits per heavy atom. The highest BCUT2D eigenvalue weighted by Gasteiger charge is 2.21. The molecule has 1 rings (SSSR count). The van der Waals surface area contributed by atoms with E-state index in [9.17, 15) is 4.79 Å². The van der Waals surface area contributed by atoms with E-state index in [-0.39, 0.29) is 11.8 Å². The van der Waals surface area contributed by atoms with Crippen LogP contribution in [0.3, 0.4) is 0 Å². The van der Waals surface area contributed by atoms with Gasteiger partial charge in [0.1, 0.15) is 0 Å². The quantitative estimate of drug-likeness (QED) is 0.781. The van der Waals surface area contributed by atoms with E-state index < -0.39 is 6.04 Å². The number of nitrogens with one attached hydrogen (secondary N) is 1. The van der Waals surface area contributed by atoms with Crippen molar-refractivity contribution in [2.75, 3.05) is 7.11 Å². The third-order valence-electron chi connectivity index (χ3n) is 3.70. The van der Waals surface area contributed by atoms with Crippen molar-refractivity contribution in [1.29, 1.82) is 0 Å². The zero-order valence-corrected chi connectivity index (χ0v) is 13.1. The van der Waals surface area contributed by atoms with E-state index in [1.54, 1.807) is 11.8 Å². The molecule has 0 saturated carbocycles. The smallest absolute Gasteiger partial charge is 0.237 e. The minimum atomic E-state index is -0.479. The van der Waals surface area contributed by atoms with E-state index in [4.69, 9.17) is 10.5 Å². The van der Waals surface area contributed by atoms with Crippen LogP contribution in [0.4, 0.5) is 0 Å². The van der Waals surface area contributed by atoms with Crippen LogP contribution in [0.1, 0.15) is 38.4 Å². The maximum atomic E-state index is 12.0. The second-order valence-corrected chi connectivity index (χ2v) is 5.04. The number of nitrogens with two attached hydrogens (primary N) is 1. The van der Waals surface area contributed by atoms with Gasteiger partial charge in [0.05, 0.1) is 31.0 Å². The fraction of sp³-hybridized carbons (Fsp3) is 0.714. The molecule has 2 unspecified atom stereocenters. The van der Waals surface area contributed by atoms with Crippen LogP contribution in [-0.2, 0) is 24.8 Å². The zero-order valence-electron chi connectivity index (χ0n) is 13.1. The lowest BCUT2D eigenvalue weighted by molar-refractivity contribution is -0.123. The van der Waals surface area contributed by atoms with E-state index >= 15 is 0 Å². The largest absolute Gasteiger partial charge is 0.481 e. The Labute approximate surface area is 120 Å². The Balaban J connectivity index is 2.77. The van der Waals surface area contributed by atoms with Gasteiger partial charge in [0.15, 0.2) is 0 Å². The molecule has 0 fully saturated rings. The highest BCUT2D eigenvalue weighted by molar-refractivity contribution is 5.81. The molecule has 1 aromatic heterocycles. The predicted molar refractivity (Wildman–Crippen MR) is 78.4 cm³/mol. The molecule has 6 nitrogen and oxygen atoms in total. The monoisotopic (exact) mass is 282 g/mol. The number of nitrogens with zero attached hydrogens (tertiary/aromatic N) is 2. The average molecular weight is 282 g/mol. The van der Waals surface area contributed by atoms with Crippen molar-refractivity contribution < 1.29 is 9.53 Å². The summed E-state index contributed by atoms with van der Waals surface area (Å²) in [5.74, 6) is 0.711. The van der Waals surface area contributed by atoms with Gasteiger partial charge in [-0.1, -0.05) is 27.2 Å². The average Bonchev–Trinajstić information content (AvgIpc) is 2.77. The molecule has 1 aromatic rings. The molecule has 1 amide bonds.